The summed E-state index contributed by atoms with van der Waals surface area (Å²) in [7, 11) is 0. The Morgan fingerprint density at radius 1 is 1.29 bits per heavy atom. The highest BCUT2D eigenvalue weighted by Gasteiger charge is 2.12. The molecule has 0 aromatic carbocycles. The van der Waals surface area contributed by atoms with Crippen LogP contribution in [0, 0.1) is 0 Å². The number of aromatic nitrogens is 4. The van der Waals surface area contributed by atoms with E-state index < -0.39 is 0 Å². The quantitative estimate of drug-likeness (QED) is 0.843. The Labute approximate surface area is 133 Å². The van der Waals surface area contributed by atoms with Gasteiger partial charge in [-0.25, -0.2) is 4.98 Å². The number of nitrogens with zero attached hydrogens (tertiary/aromatic N) is 5. The first-order chi connectivity index (χ1) is 10.1. The van der Waals surface area contributed by atoms with Gasteiger partial charge in [0.1, 0.15) is 0 Å². The van der Waals surface area contributed by atoms with Gasteiger partial charge in [-0.15, -0.1) is 11.3 Å². The summed E-state index contributed by atoms with van der Waals surface area (Å²) < 4.78 is 0. The van der Waals surface area contributed by atoms with Crippen molar-refractivity contribution in [1.29, 1.82) is 0 Å². The second-order valence-corrected chi connectivity index (χ2v) is 5.82. The molecule has 6 nitrogen and oxygen atoms in total. The van der Waals surface area contributed by atoms with Gasteiger partial charge >= 0.3 is 0 Å². The fourth-order valence-corrected chi connectivity index (χ4v) is 2.73. The van der Waals surface area contributed by atoms with Gasteiger partial charge in [0.2, 0.25) is 17.2 Å². The number of halogens is 1. The van der Waals surface area contributed by atoms with Gasteiger partial charge in [-0.3, -0.25) is 0 Å². The molecule has 1 atom stereocenters. The lowest BCUT2D eigenvalue weighted by molar-refractivity contribution is 0.777. The smallest absolute Gasteiger partial charge is 0.231 e. The third-order valence-corrected chi connectivity index (χ3v) is 4.26. The molecule has 0 aliphatic heterocycles. The fraction of sp³-hybridized carbons (Fsp3) is 0.538. The summed E-state index contributed by atoms with van der Waals surface area (Å²) in [4.78, 5) is 19.1. The van der Waals surface area contributed by atoms with E-state index in [-0.39, 0.29) is 11.2 Å². The van der Waals surface area contributed by atoms with Crippen LogP contribution < -0.4 is 10.2 Å². The summed E-state index contributed by atoms with van der Waals surface area (Å²) in [6.45, 7) is 8.57. The molecule has 0 saturated carbocycles. The highest BCUT2D eigenvalue weighted by atomic mass is 35.5. The Bertz CT molecular complexity index is 558. The van der Waals surface area contributed by atoms with Gasteiger partial charge in [-0.2, -0.15) is 15.0 Å². The summed E-state index contributed by atoms with van der Waals surface area (Å²) in [6, 6.07) is 0. The standard InChI is InChI=1S/C13H19ClN6S/c1-4-20(5-2)13-18-11(14)17-12(19-13)16-8-9(3)10-15-6-7-21-10/h6-7,9H,4-5,8H2,1-3H3,(H,16,17,18,19). The van der Waals surface area contributed by atoms with Gasteiger partial charge in [0.25, 0.3) is 0 Å². The number of nitrogens with one attached hydrogen (secondary N) is 1. The van der Waals surface area contributed by atoms with E-state index in [0.29, 0.717) is 18.4 Å². The number of hydrogen-bond acceptors (Lipinski definition) is 7. The van der Waals surface area contributed by atoms with Gasteiger partial charge in [0.05, 0.1) is 5.01 Å². The minimum Gasteiger partial charge on any atom is -0.353 e. The molecule has 0 radical (unpaired) electrons. The zero-order valence-corrected chi connectivity index (χ0v) is 13.9. The van der Waals surface area contributed by atoms with Crippen molar-refractivity contribution in [3.05, 3.63) is 21.9 Å². The Morgan fingerprint density at radius 2 is 2.05 bits per heavy atom. The average Bonchev–Trinajstić information content (AvgIpc) is 3.00. The summed E-state index contributed by atoms with van der Waals surface area (Å²) >= 11 is 7.63. The zero-order chi connectivity index (χ0) is 15.2. The van der Waals surface area contributed by atoms with Gasteiger partial charge in [0.15, 0.2) is 0 Å². The van der Waals surface area contributed by atoms with Crippen molar-refractivity contribution in [1.82, 2.24) is 19.9 Å². The summed E-state index contributed by atoms with van der Waals surface area (Å²) in [6.07, 6.45) is 1.81. The first-order valence-corrected chi connectivity index (χ1v) is 8.19. The number of thiazole rings is 1. The molecule has 0 saturated heterocycles. The van der Waals surface area contributed by atoms with Crippen LogP contribution in [0.4, 0.5) is 11.9 Å². The molecule has 21 heavy (non-hydrogen) atoms. The molecule has 8 heteroatoms. The van der Waals surface area contributed by atoms with Crippen LogP contribution in [0.2, 0.25) is 5.28 Å². The maximum Gasteiger partial charge on any atom is 0.231 e. The summed E-state index contributed by atoms with van der Waals surface area (Å²) in [5.41, 5.74) is 0. The van der Waals surface area contributed by atoms with Crippen molar-refractivity contribution in [3.8, 4) is 0 Å². The van der Waals surface area contributed by atoms with Gasteiger partial charge in [-0.1, -0.05) is 6.92 Å². The summed E-state index contributed by atoms with van der Waals surface area (Å²) in [5.74, 6) is 1.39. The van der Waals surface area contributed by atoms with Crippen LogP contribution in [0.3, 0.4) is 0 Å². The Morgan fingerprint density at radius 3 is 2.67 bits per heavy atom. The molecule has 2 heterocycles. The van der Waals surface area contributed by atoms with Gasteiger partial charge in [0, 0.05) is 37.1 Å². The predicted octanol–water partition coefficient (Wildman–Crippen LogP) is 3.04. The lowest BCUT2D eigenvalue weighted by Gasteiger charge is -2.19. The van der Waals surface area contributed by atoms with E-state index in [9.17, 15) is 0 Å². The predicted molar refractivity (Wildman–Crippen MR) is 87.4 cm³/mol. The van der Waals surface area contributed by atoms with E-state index >= 15 is 0 Å². The molecule has 1 unspecified atom stereocenters. The lowest BCUT2D eigenvalue weighted by atomic mass is 10.2. The molecule has 114 valence electrons. The highest BCUT2D eigenvalue weighted by Crippen LogP contribution is 2.19. The Balaban J connectivity index is 2.06. The number of anilines is 2. The van der Waals surface area contributed by atoms with E-state index in [1.54, 1.807) is 11.3 Å². The topological polar surface area (TPSA) is 66.8 Å². The monoisotopic (exact) mass is 326 g/mol. The van der Waals surface area contributed by atoms with E-state index in [2.05, 4.69) is 46.0 Å². The van der Waals surface area contributed by atoms with E-state index in [0.717, 1.165) is 18.1 Å². The van der Waals surface area contributed by atoms with Crippen molar-refractivity contribution in [2.75, 3.05) is 29.9 Å². The first-order valence-electron chi connectivity index (χ1n) is 6.93. The Kier molecular flexibility index (Phi) is 5.69. The third kappa shape index (κ3) is 4.25. The molecule has 0 fully saturated rings. The molecule has 0 bridgehead atoms. The Hall–Kier alpha value is -1.47. The number of hydrogen-bond donors (Lipinski definition) is 1. The minimum absolute atomic E-state index is 0.205. The second kappa shape index (κ2) is 7.51. The molecule has 2 rings (SSSR count). The van der Waals surface area contributed by atoms with Crippen LogP contribution in [0.25, 0.3) is 0 Å². The van der Waals surface area contributed by atoms with Crippen molar-refractivity contribution in [3.63, 3.8) is 0 Å². The van der Waals surface area contributed by atoms with Crippen LogP contribution in [-0.2, 0) is 0 Å². The van der Waals surface area contributed by atoms with Gasteiger partial charge < -0.3 is 10.2 Å². The van der Waals surface area contributed by atoms with E-state index in [4.69, 9.17) is 11.6 Å². The highest BCUT2D eigenvalue weighted by molar-refractivity contribution is 7.09. The summed E-state index contributed by atoms with van der Waals surface area (Å²) in [5, 5.41) is 6.48. The molecule has 2 aromatic rings. The minimum atomic E-state index is 0.205. The number of rotatable bonds is 7. The van der Waals surface area contributed by atoms with Crippen molar-refractivity contribution in [2.45, 2.75) is 26.7 Å². The largest absolute Gasteiger partial charge is 0.353 e. The van der Waals surface area contributed by atoms with Crippen LogP contribution in [-0.4, -0.2) is 39.6 Å². The lowest BCUT2D eigenvalue weighted by Crippen LogP contribution is -2.25. The van der Waals surface area contributed by atoms with Crippen LogP contribution in [0.1, 0.15) is 31.7 Å². The zero-order valence-electron chi connectivity index (χ0n) is 12.4. The van der Waals surface area contributed by atoms with Crippen LogP contribution >= 0.6 is 22.9 Å². The molecule has 0 spiro atoms. The molecular weight excluding hydrogens is 308 g/mol. The van der Waals surface area contributed by atoms with Gasteiger partial charge in [-0.05, 0) is 25.4 Å². The van der Waals surface area contributed by atoms with E-state index in [1.807, 2.05) is 16.5 Å². The third-order valence-electron chi connectivity index (χ3n) is 3.08. The maximum absolute atomic E-state index is 5.98. The van der Waals surface area contributed by atoms with Crippen LogP contribution in [0.15, 0.2) is 11.6 Å². The van der Waals surface area contributed by atoms with Crippen LogP contribution in [0.5, 0.6) is 0 Å². The van der Waals surface area contributed by atoms with Crippen molar-refractivity contribution in [2.24, 2.45) is 0 Å². The molecule has 1 N–H and O–H groups in total. The maximum atomic E-state index is 5.98. The van der Waals surface area contributed by atoms with Crippen molar-refractivity contribution >= 4 is 34.8 Å². The second-order valence-electron chi connectivity index (χ2n) is 4.55. The van der Waals surface area contributed by atoms with E-state index in [1.165, 1.54) is 0 Å². The molecule has 2 aromatic heterocycles. The molecule has 0 aliphatic carbocycles. The average molecular weight is 327 g/mol. The SMILES string of the molecule is CCN(CC)c1nc(Cl)nc(NCC(C)c2nccs2)n1. The first kappa shape index (κ1) is 15.9. The van der Waals surface area contributed by atoms with Crippen molar-refractivity contribution < 1.29 is 0 Å². The molecule has 0 amide bonds. The normalized spacial score (nSPS) is 12.2. The molecular formula is C13H19ClN6S. The fourth-order valence-electron chi connectivity index (χ4n) is 1.88. The molecule has 0 aliphatic rings.